The van der Waals surface area contributed by atoms with Gasteiger partial charge in [0, 0.05) is 30.3 Å². The number of ether oxygens (including phenoxy) is 2. The van der Waals surface area contributed by atoms with Crippen molar-refractivity contribution in [2.45, 2.75) is 32.1 Å². The third kappa shape index (κ3) is 5.04. The maximum absolute atomic E-state index is 13.0. The van der Waals surface area contributed by atoms with Gasteiger partial charge in [0.15, 0.2) is 11.5 Å². The number of pyridine rings is 1. The number of hydrogen-bond donors (Lipinski definition) is 1. The third-order valence-electron chi connectivity index (χ3n) is 7.24. The van der Waals surface area contributed by atoms with Gasteiger partial charge in [-0.25, -0.2) is 17.7 Å². The number of benzene rings is 2. The highest BCUT2D eigenvalue weighted by Crippen LogP contribution is 2.39. The minimum Gasteiger partial charge on any atom is -0.454 e. The molecule has 2 aromatic carbocycles. The zero-order valence-electron chi connectivity index (χ0n) is 21.3. The quantitative estimate of drug-likeness (QED) is 0.364. The number of piperidine rings is 1. The van der Waals surface area contributed by atoms with Crippen molar-refractivity contribution in [2.75, 3.05) is 25.6 Å². The lowest BCUT2D eigenvalue weighted by Crippen LogP contribution is -2.39. The van der Waals surface area contributed by atoms with Crippen LogP contribution in [0.1, 0.15) is 35.8 Å². The molecule has 0 amide bonds. The SMILES string of the molecule is Cc1cccc(-c2[nH]c(C3CCN(S(=O)(=O)CCc4ccccc4)CC3)nc2-c2ccc3c(c2)OCO3)n1. The van der Waals surface area contributed by atoms with Crippen LogP contribution in [0.3, 0.4) is 0 Å². The number of aromatic nitrogens is 3. The Morgan fingerprint density at radius 3 is 2.53 bits per heavy atom. The van der Waals surface area contributed by atoms with Crippen molar-refractivity contribution < 1.29 is 17.9 Å². The second-order valence-corrected chi connectivity index (χ2v) is 11.9. The largest absolute Gasteiger partial charge is 0.454 e. The molecule has 0 spiro atoms. The molecular formula is C29H30N4O4S. The molecule has 0 saturated carbocycles. The average molecular weight is 531 g/mol. The molecule has 6 rings (SSSR count). The van der Waals surface area contributed by atoms with E-state index in [4.69, 9.17) is 19.4 Å². The summed E-state index contributed by atoms with van der Waals surface area (Å²) < 4.78 is 38.8. The van der Waals surface area contributed by atoms with Crippen LogP contribution in [0.2, 0.25) is 0 Å². The molecule has 0 unspecified atom stereocenters. The summed E-state index contributed by atoms with van der Waals surface area (Å²) in [4.78, 5) is 13.3. The molecule has 0 radical (unpaired) electrons. The molecular weight excluding hydrogens is 500 g/mol. The Labute approximate surface area is 222 Å². The number of sulfonamides is 1. The molecule has 1 saturated heterocycles. The van der Waals surface area contributed by atoms with Crippen molar-refractivity contribution in [3.63, 3.8) is 0 Å². The second-order valence-electron chi connectivity index (χ2n) is 9.80. The van der Waals surface area contributed by atoms with Gasteiger partial charge in [-0.2, -0.15) is 0 Å². The highest BCUT2D eigenvalue weighted by molar-refractivity contribution is 7.89. The van der Waals surface area contributed by atoms with E-state index in [2.05, 4.69) is 4.98 Å². The van der Waals surface area contributed by atoms with Crippen molar-refractivity contribution in [3.8, 4) is 34.1 Å². The molecule has 38 heavy (non-hydrogen) atoms. The summed E-state index contributed by atoms with van der Waals surface area (Å²) in [5.74, 6) is 2.53. The van der Waals surface area contributed by atoms with Crippen LogP contribution in [0.25, 0.3) is 22.6 Å². The van der Waals surface area contributed by atoms with Gasteiger partial charge in [-0.15, -0.1) is 0 Å². The zero-order valence-corrected chi connectivity index (χ0v) is 22.1. The van der Waals surface area contributed by atoms with E-state index in [1.807, 2.05) is 73.7 Å². The lowest BCUT2D eigenvalue weighted by molar-refractivity contribution is 0.174. The molecule has 1 fully saturated rings. The number of aromatic amines is 1. The highest BCUT2D eigenvalue weighted by atomic mass is 32.2. The Morgan fingerprint density at radius 1 is 0.947 bits per heavy atom. The van der Waals surface area contributed by atoms with E-state index in [1.165, 1.54) is 0 Å². The zero-order chi connectivity index (χ0) is 26.1. The summed E-state index contributed by atoms with van der Waals surface area (Å²) in [6.07, 6.45) is 1.94. The Kier molecular flexibility index (Phi) is 6.63. The van der Waals surface area contributed by atoms with E-state index in [0.29, 0.717) is 38.1 Å². The normalized spacial score (nSPS) is 16.1. The van der Waals surface area contributed by atoms with Gasteiger partial charge in [0.25, 0.3) is 0 Å². The minimum atomic E-state index is -3.32. The molecule has 0 atom stereocenters. The summed E-state index contributed by atoms with van der Waals surface area (Å²) in [6.45, 7) is 3.15. The lowest BCUT2D eigenvalue weighted by Gasteiger charge is -2.30. The molecule has 2 aliphatic rings. The van der Waals surface area contributed by atoms with Crippen LogP contribution in [-0.4, -0.2) is 53.3 Å². The van der Waals surface area contributed by atoms with Gasteiger partial charge in [0.05, 0.1) is 22.8 Å². The van der Waals surface area contributed by atoms with Gasteiger partial charge in [-0.1, -0.05) is 36.4 Å². The van der Waals surface area contributed by atoms with Gasteiger partial charge in [-0.3, -0.25) is 4.98 Å². The van der Waals surface area contributed by atoms with Crippen molar-refractivity contribution in [3.05, 3.63) is 83.8 Å². The van der Waals surface area contributed by atoms with Crippen LogP contribution in [0, 0.1) is 6.92 Å². The monoisotopic (exact) mass is 530 g/mol. The third-order valence-corrected chi connectivity index (χ3v) is 9.11. The number of nitrogens with zero attached hydrogens (tertiary/aromatic N) is 3. The number of aryl methyl sites for hydroxylation is 2. The molecule has 9 heteroatoms. The van der Waals surface area contributed by atoms with Gasteiger partial charge in [0.1, 0.15) is 5.82 Å². The number of imidazole rings is 1. The summed E-state index contributed by atoms with van der Waals surface area (Å²) in [7, 11) is -3.32. The topological polar surface area (TPSA) is 97.4 Å². The van der Waals surface area contributed by atoms with Crippen LogP contribution in [0.5, 0.6) is 11.5 Å². The van der Waals surface area contributed by atoms with E-state index in [0.717, 1.165) is 45.5 Å². The summed E-state index contributed by atoms with van der Waals surface area (Å²) >= 11 is 0. The van der Waals surface area contributed by atoms with Gasteiger partial charge < -0.3 is 14.5 Å². The summed E-state index contributed by atoms with van der Waals surface area (Å²) in [5.41, 5.74) is 5.34. The maximum Gasteiger partial charge on any atom is 0.231 e. The average Bonchev–Trinajstić information content (AvgIpc) is 3.60. The Balaban J connectivity index is 1.23. The number of rotatable bonds is 7. The first-order valence-corrected chi connectivity index (χ1v) is 14.5. The van der Waals surface area contributed by atoms with Crippen LogP contribution >= 0.6 is 0 Å². The minimum absolute atomic E-state index is 0.125. The first-order valence-electron chi connectivity index (χ1n) is 12.9. The first kappa shape index (κ1) is 24.6. The lowest BCUT2D eigenvalue weighted by atomic mass is 9.97. The van der Waals surface area contributed by atoms with Gasteiger partial charge in [-0.05, 0) is 62.1 Å². The molecule has 0 bridgehead atoms. The highest BCUT2D eigenvalue weighted by Gasteiger charge is 2.31. The fourth-order valence-corrected chi connectivity index (χ4v) is 6.65. The maximum atomic E-state index is 13.0. The Bertz CT molecular complexity index is 1540. The van der Waals surface area contributed by atoms with E-state index in [1.54, 1.807) is 4.31 Å². The molecule has 2 aliphatic heterocycles. The molecule has 4 heterocycles. The van der Waals surface area contributed by atoms with Gasteiger partial charge in [0.2, 0.25) is 16.8 Å². The van der Waals surface area contributed by atoms with E-state index >= 15 is 0 Å². The molecule has 4 aromatic rings. The Morgan fingerprint density at radius 2 is 1.74 bits per heavy atom. The van der Waals surface area contributed by atoms with Crippen molar-refractivity contribution in [2.24, 2.45) is 0 Å². The van der Waals surface area contributed by atoms with Crippen molar-refractivity contribution >= 4 is 10.0 Å². The first-order chi connectivity index (χ1) is 18.5. The second kappa shape index (κ2) is 10.2. The molecule has 0 aliphatic carbocycles. The van der Waals surface area contributed by atoms with Crippen LogP contribution in [-0.2, 0) is 16.4 Å². The standard InChI is InChI=1S/C29H30N4O4S/c1-20-6-5-9-24(30-20)28-27(23-10-11-25-26(18-23)37-19-36-25)31-29(32-28)22-12-15-33(16-13-22)38(34,35)17-14-21-7-3-2-4-8-21/h2-11,18,22H,12-17,19H2,1H3,(H,31,32). The molecule has 2 aromatic heterocycles. The fourth-order valence-electron chi connectivity index (χ4n) is 5.13. The smallest absolute Gasteiger partial charge is 0.231 e. The summed E-state index contributed by atoms with van der Waals surface area (Å²) in [5, 5.41) is 0. The van der Waals surface area contributed by atoms with Crippen LogP contribution in [0.4, 0.5) is 0 Å². The predicted molar refractivity (Wildman–Crippen MR) is 146 cm³/mol. The van der Waals surface area contributed by atoms with Crippen molar-refractivity contribution in [1.82, 2.24) is 19.3 Å². The predicted octanol–water partition coefficient (Wildman–Crippen LogP) is 4.93. The van der Waals surface area contributed by atoms with E-state index in [9.17, 15) is 8.42 Å². The van der Waals surface area contributed by atoms with Crippen LogP contribution < -0.4 is 9.47 Å². The van der Waals surface area contributed by atoms with Crippen molar-refractivity contribution in [1.29, 1.82) is 0 Å². The molecule has 1 N–H and O–H groups in total. The summed E-state index contributed by atoms with van der Waals surface area (Å²) in [6, 6.07) is 21.5. The number of hydrogen-bond acceptors (Lipinski definition) is 6. The van der Waals surface area contributed by atoms with E-state index < -0.39 is 10.0 Å². The Hall–Kier alpha value is -3.69. The number of H-pyrrole nitrogens is 1. The number of fused-ring (bicyclic) bond motifs is 1. The van der Waals surface area contributed by atoms with E-state index in [-0.39, 0.29) is 18.5 Å². The molecule has 196 valence electrons. The molecule has 8 nitrogen and oxygen atoms in total. The van der Waals surface area contributed by atoms with Crippen LogP contribution in [0.15, 0.2) is 66.7 Å². The van der Waals surface area contributed by atoms with Gasteiger partial charge >= 0.3 is 0 Å². The fraction of sp³-hybridized carbons (Fsp3) is 0.310. The number of nitrogens with one attached hydrogen (secondary N) is 1.